The molecule has 22 heavy (non-hydrogen) atoms. The molecule has 0 unspecified atom stereocenters. The molecule has 2 rings (SSSR count). The highest BCUT2D eigenvalue weighted by molar-refractivity contribution is 7.80. The molecule has 2 aromatic carbocycles. The third kappa shape index (κ3) is 6.00. The van der Waals surface area contributed by atoms with Crippen molar-refractivity contribution >= 4 is 12.6 Å². The SMILES string of the molecule is N[C@@H](CS)CCCCOc1ccc(Oc2ccccc2)cc1. The number of benzene rings is 2. The van der Waals surface area contributed by atoms with Crippen LogP contribution >= 0.6 is 12.6 Å². The van der Waals surface area contributed by atoms with Crippen LogP contribution in [0, 0.1) is 0 Å². The third-order valence-electron chi connectivity index (χ3n) is 3.28. The molecular formula is C18H23NO2S. The van der Waals surface area contributed by atoms with Gasteiger partial charge in [-0.05, 0) is 55.7 Å². The Morgan fingerprint density at radius 2 is 1.50 bits per heavy atom. The molecule has 0 heterocycles. The number of nitrogens with two attached hydrogens (primary N) is 1. The molecule has 0 amide bonds. The van der Waals surface area contributed by atoms with Crippen molar-refractivity contribution < 1.29 is 9.47 Å². The predicted octanol–water partition coefficient (Wildman–Crippen LogP) is 4.29. The van der Waals surface area contributed by atoms with Gasteiger partial charge in [-0.25, -0.2) is 0 Å². The van der Waals surface area contributed by atoms with E-state index in [1.165, 1.54) is 0 Å². The molecule has 0 radical (unpaired) electrons. The van der Waals surface area contributed by atoms with E-state index in [9.17, 15) is 0 Å². The van der Waals surface area contributed by atoms with Crippen LogP contribution in [0.25, 0.3) is 0 Å². The molecule has 0 saturated carbocycles. The number of thiol groups is 1. The van der Waals surface area contributed by atoms with E-state index in [1.807, 2.05) is 54.6 Å². The summed E-state index contributed by atoms with van der Waals surface area (Å²) in [7, 11) is 0. The molecule has 3 nitrogen and oxygen atoms in total. The van der Waals surface area contributed by atoms with Gasteiger partial charge in [-0.15, -0.1) is 0 Å². The molecule has 1 atom stereocenters. The van der Waals surface area contributed by atoms with E-state index in [0.717, 1.165) is 42.3 Å². The molecule has 0 aliphatic rings. The van der Waals surface area contributed by atoms with Gasteiger partial charge in [0, 0.05) is 11.8 Å². The summed E-state index contributed by atoms with van der Waals surface area (Å²) in [5, 5.41) is 0. The smallest absolute Gasteiger partial charge is 0.127 e. The fourth-order valence-electron chi connectivity index (χ4n) is 2.02. The summed E-state index contributed by atoms with van der Waals surface area (Å²) in [4.78, 5) is 0. The lowest BCUT2D eigenvalue weighted by Crippen LogP contribution is -2.21. The molecule has 0 saturated heterocycles. The van der Waals surface area contributed by atoms with Gasteiger partial charge in [-0.3, -0.25) is 0 Å². The van der Waals surface area contributed by atoms with Crippen molar-refractivity contribution in [1.29, 1.82) is 0 Å². The van der Waals surface area contributed by atoms with Crippen molar-refractivity contribution in [3.63, 3.8) is 0 Å². The van der Waals surface area contributed by atoms with Crippen molar-refractivity contribution in [1.82, 2.24) is 0 Å². The second-order valence-corrected chi connectivity index (χ2v) is 5.54. The number of rotatable bonds is 9. The highest BCUT2D eigenvalue weighted by Gasteiger charge is 2.00. The number of hydrogen-bond donors (Lipinski definition) is 2. The molecule has 0 spiro atoms. The fraction of sp³-hybridized carbons (Fsp3) is 0.333. The van der Waals surface area contributed by atoms with Crippen LogP contribution in [0.4, 0.5) is 0 Å². The first-order chi connectivity index (χ1) is 10.8. The Kier molecular flexibility index (Phi) is 7.13. The Hall–Kier alpha value is -1.65. The van der Waals surface area contributed by atoms with Gasteiger partial charge >= 0.3 is 0 Å². The zero-order chi connectivity index (χ0) is 15.6. The number of unbranched alkanes of at least 4 members (excludes halogenated alkanes) is 1. The lowest BCUT2D eigenvalue weighted by molar-refractivity contribution is 0.303. The van der Waals surface area contributed by atoms with E-state index in [1.54, 1.807) is 0 Å². The maximum Gasteiger partial charge on any atom is 0.127 e. The molecule has 0 aliphatic heterocycles. The van der Waals surface area contributed by atoms with Gasteiger partial charge < -0.3 is 15.2 Å². The van der Waals surface area contributed by atoms with Crippen molar-refractivity contribution in [2.45, 2.75) is 25.3 Å². The Morgan fingerprint density at radius 3 is 2.18 bits per heavy atom. The molecule has 0 aliphatic carbocycles. The predicted molar refractivity (Wildman–Crippen MR) is 94.1 cm³/mol. The van der Waals surface area contributed by atoms with Gasteiger partial charge in [0.15, 0.2) is 0 Å². The van der Waals surface area contributed by atoms with Crippen molar-refractivity contribution in [3.05, 3.63) is 54.6 Å². The van der Waals surface area contributed by atoms with E-state index in [4.69, 9.17) is 15.2 Å². The summed E-state index contributed by atoms with van der Waals surface area (Å²) in [6, 6.07) is 17.6. The summed E-state index contributed by atoms with van der Waals surface area (Å²) >= 11 is 4.17. The van der Waals surface area contributed by atoms with Crippen molar-refractivity contribution in [3.8, 4) is 17.2 Å². The first kappa shape index (κ1) is 16.7. The van der Waals surface area contributed by atoms with Gasteiger partial charge in [0.1, 0.15) is 17.2 Å². The maximum absolute atomic E-state index is 5.82. The van der Waals surface area contributed by atoms with Gasteiger partial charge in [0.2, 0.25) is 0 Å². The fourth-order valence-corrected chi connectivity index (χ4v) is 2.20. The first-order valence-electron chi connectivity index (χ1n) is 7.60. The highest BCUT2D eigenvalue weighted by Crippen LogP contribution is 2.23. The molecule has 0 aromatic heterocycles. The summed E-state index contributed by atoms with van der Waals surface area (Å²) in [6.45, 7) is 0.707. The molecule has 0 fully saturated rings. The van der Waals surface area contributed by atoms with Crippen LogP contribution in [0.15, 0.2) is 54.6 Å². The number of hydrogen-bond acceptors (Lipinski definition) is 4. The summed E-state index contributed by atoms with van der Waals surface area (Å²) in [6.07, 6.45) is 3.07. The number of para-hydroxylation sites is 1. The van der Waals surface area contributed by atoms with E-state index in [2.05, 4.69) is 12.6 Å². The highest BCUT2D eigenvalue weighted by atomic mass is 32.1. The van der Waals surface area contributed by atoms with Crippen LogP contribution in [0.2, 0.25) is 0 Å². The van der Waals surface area contributed by atoms with Crippen molar-refractivity contribution in [2.75, 3.05) is 12.4 Å². The Morgan fingerprint density at radius 1 is 0.864 bits per heavy atom. The minimum absolute atomic E-state index is 0.192. The van der Waals surface area contributed by atoms with Gasteiger partial charge in [-0.1, -0.05) is 18.2 Å². The molecule has 2 N–H and O–H groups in total. The maximum atomic E-state index is 5.82. The second kappa shape index (κ2) is 9.38. The van der Waals surface area contributed by atoms with E-state index < -0.39 is 0 Å². The van der Waals surface area contributed by atoms with Gasteiger partial charge in [0.25, 0.3) is 0 Å². The Balaban J connectivity index is 1.70. The van der Waals surface area contributed by atoms with Gasteiger partial charge in [0.05, 0.1) is 6.61 Å². The van der Waals surface area contributed by atoms with Crippen molar-refractivity contribution in [2.24, 2.45) is 5.73 Å². The topological polar surface area (TPSA) is 44.5 Å². The Bertz CT molecular complexity index is 531. The van der Waals surface area contributed by atoms with Gasteiger partial charge in [-0.2, -0.15) is 12.6 Å². The standard InChI is InChI=1S/C18H23NO2S/c19-15(14-22)6-4-5-13-20-16-9-11-18(12-10-16)21-17-7-2-1-3-8-17/h1-3,7-12,15,22H,4-6,13-14,19H2/t15-/m1/s1. The summed E-state index contributed by atoms with van der Waals surface area (Å²) in [5.74, 6) is 3.23. The van der Waals surface area contributed by atoms with Crippen LogP contribution in [0.1, 0.15) is 19.3 Å². The normalized spacial score (nSPS) is 11.9. The molecule has 2 aromatic rings. The van der Waals surface area contributed by atoms with Crippen LogP contribution < -0.4 is 15.2 Å². The second-order valence-electron chi connectivity index (χ2n) is 5.17. The zero-order valence-corrected chi connectivity index (χ0v) is 13.5. The minimum atomic E-state index is 0.192. The van der Waals surface area contributed by atoms with Crippen LogP contribution in [-0.4, -0.2) is 18.4 Å². The summed E-state index contributed by atoms with van der Waals surface area (Å²) in [5.41, 5.74) is 5.82. The third-order valence-corrected chi connectivity index (χ3v) is 3.74. The minimum Gasteiger partial charge on any atom is -0.494 e. The average molecular weight is 317 g/mol. The monoisotopic (exact) mass is 317 g/mol. The van der Waals surface area contributed by atoms with Crippen LogP contribution in [-0.2, 0) is 0 Å². The number of ether oxygens (including phenoxy) is 2. The Labute approximate surface area is 137 Å². The molecule has 118 valence electrons. The lowest BCUT2D eigenvalue weighted by atomic mass is 10.1. The largest absolute Gasteiger partial charge is 0.494 e. The molecule has 0 bridgehead atoms. The molecule has 4 heteroatoms. The van der Waals surface area contributed by atoms with E-state index in [0.29, 0.717) is 6.61 Å². The van der Waals surface area contributed by atoms with Crippen LogP contribution in [0.5, 0.6) is 17.2 Å². The van der Waals surface area contributed by atoms with E-state index in [-0.39, 0.29) is 6.04 Å². The first-order valence-corrected chi connectivity index (χ1v) is 8.23. The van der Waals surface area contributed by atoms with E-state index >= 15 is 0 Å². The lowest BCUT2D eigenvalue weighted by Gasteiger charge is -2.10. The van der Waals surface area contributed by atoms with Crippen LogP contribution in [0.3, 0.4) is 0 Å². The quantitative estimate of drug-likeness (QED) is 0.536. The average Bonchev–Trinajstić information content (AvgIpc) is 2.57. The molecular weight excluding hydrogens is 294 g/mol. The summed E-state index contributed by atoms with van der Waals surface area (Å²) < 4.78 is 11.4. The zero-order valence-electron chi connectivity index (χ0n) is 12.7.